The van der Waals surface area contributed by atoms with E-state index >= 15 is 0 Å². The van der Waals surface area contributed by atoms with Crippen LogP contribution in [0, 0.1) is 5.92 Å². The number of carbonyl (C=O) groups excluding carboxylic acids is 2. The maximum Gasteiger partial charge on any atom is 0.410 e. The molecule has 8 heteroatoms. The van der Waals surface area contributed by atoms with Gasteiger partial charge in [-0.3, -0.25) is 4.79 Å². The Kier molecular flexibility index (Phi) is 6.97. The fraction of sp³-hybridized carbons (Fsp3) is 0.500. The Morgan fingerprint density at radius 3 is 2.83 bits per heavy atom. The lowest BCUT2D eigenvalue weighted by Gasteiger charge is -2.33. The number of benzene rings is 1. The molecule has 0 radical (unpaired) electrons. The highest BCUT2D eigenvalue weighted by Gasteiger charge is 2.32. The number of piperidine rings is 1. The molecule has 0 saturated carbocycles. The molecule has 0 bridgehead atoms. The highest BCUT2D eigenvalue weighted by atomic mass is 32.1. The SMILES string of the molecule is COc1cccc(-c2nc(COC(=O)C3CCCN(C(=O)OC(C)(C)C)C3)cs2)c1. The van der Waals surface area contributed by atoms with Crippen LogP contribution < -0.4 is 4.74 Å². The third-order valence-corrected chi connectivity index (χ3v) is 5.58. The molecule has 1 aliphatic rings. The Morgan fingerprint density at radius 2 is 2.10 bits per heavy atom. The maximum absolute atomic E-state index is 12.5. The molecule has 3 rings (SSSR count). The third kappa shape index (κ3) is 5.95. The number of esters is 1. The lowest BCUT2D eigenvalue weighted by molar-refractivity contribution is -0.151. The van der Waals surface area contributed by atoms with Gasteiger partial charge in [-0.05, 0) is 45.7 Å². The number of methoxy groups -OCH3 is 1. The fourth-order valence-corrected chi connectivity index (χ4v) is 3.99. The molecule has 1 unspecified atom stereocenters. The van der Waals surface area contributed by atoms with E-state index in [4.69, 9.17) is 14.2 Å². The molecular weight excluding hydrogens is 404 g/mol. The number of aromatic nitrogens is 1. The normalized spacial score (nSPS) is 16.8. The summed E-state index contributed by atoms with van der Waals surface area (Å²) < 4.78 is 16.2. The van der Waals surface area contributed by atoms with Crippen molar-refractivity contribution in [1.82, 2.24) is 9.88 Å². The number of amides is 1. The van der Waals surface area contributed by atoms with Crippen molar-refractivity contribution in [1.29, 1.82) is 0 Å². The lowest BCUT2D eigenvalue weighted by atomic mass is 9.98. The van der Waals surface area contributed by atoms with Crippen LogP contribution in [-0.2, 0) is 20.9 Å². The van der Waals surface area contributed by atoms with E-state index in [-0.39, 0.29) is 24.6 Å². The zero-order chi connectivity index (χ0) is 21.7. The van der Waals surface area contributed by atoms with Crippen molar-refractivity contribution in [2.45, 2.75) is 45.8 Å². The molecule has 1 fully saturated rings. The number of carbonyl (C=O) groups is 2. The van der Waals surface area contributed by atoms with Gasteiger partial charge in [-0.25, -0.2) is 9.78 Å². The van der Waals surface area contributed by atoms with Crippen molar-refractivity contribution >= 4 is 23.4 Å². The standard InChI is InChI=1S/C22H28N2O5S/c1-22(2,3)29-21(26)24-10-6-8-16(12-24)20(25)28-13-17-14-30-19(23-17)15-7-5-9-18(11-15)27-4/h5,7,9,11,14,16H,6,8,10,12-13H2,1-4H3. The first kappa shape index (κ1) is 22.1. The number of likely N-dealkylation sites (tertiary alicyclic amines) is 1. The minimum atomic E-state index is -0.560. The molecule has 0 spiro atoms. The quantitative estimate of drug-likeness (QED) is 0.647. The molecule has 1 amide bonds. The Balaban J connectivity index is 1.54. The van der Waals surface area contributed by atoms with Crippen LogP contribution in [0.5, 0.6) is 5.75 Å². The van der Waals surface area contributed by atoms with Crippen molar-refractivity contribution in [3.05, 3.63) is 35.3 Å². The summed E-state index contributed by atoms with van der Waals surface area (Å²) in [5.41, 5.74) is 1.10. The molecule has 1 aromatic heterocycles. The molecule has 30 heavy (non-hydrogen) atoms. The minimum Gasteiger partial charge on any atom is -0.497 e. The molecule has 0 N–H and O–H groups in total. The second-order valence-electron chi connectivity index (χ2n) is 8.25. The van der Waals surface area contributed by atoms with Gasteiger partial charge in [0, 0.05) is 24.0 Å². The Labute approximate surface area is 181 Å². The summed E-state index contributed by atoms with van der Waals surface area (Å²) >= 11 is 1.49. The smallest absolute Gasteiger partial charge is 0.410 e. The molecule has 2 heterocycles. The number of nitrogens with zero attached hydrogens (tertiary/aromatic N) is 2. The number of hydrogen-bond donors (Lipinski definition) is 0. The molecule has 162 valence electrons. The minimum absolute atomic E-state index is 0.113. The summed E-state index contributed by atoms with van der Waals surface area (Å²) in [6.07, 6.45) is 1.06. The Bertz CT molecular complexity index is 890. The predicted octanol–water partition coefficient (Wildman–Crippen LogP) is 4.51. The summed E-state index contributed by atoms with van der Waals surface area (Å²) in [7, 11) is 1.63. The molecule has 2 aromatic rings. The van der Waals surface area contributed by atoms with Gasteiger partial charge in [-0.1, -0.05) is 12.1 Å². The van der Waals surface area contributed by atoms with E-state index in [1.807, 2.05) is 50.4 Å². The van der Waals surface area contributed by atoms with E-state index in [0.717, 1.165) is 22.7 Å². The van der Waals surface area contributed by atoms with E-state index in [1.54, 1.807) is 12.0 Å². The molecule has 1 saturated heterocycles. The first-order chi connectivity index (χ1) is 14.2. The third-order valence-electron chi connectivity index (χ3n) is 4.64. The maximum atomic E-state index is 12.5. The van der Waals surface area contributed by atoms with Gasteiger partial charge in [0.25, 0.3) is 0 Å². The van der Waals surface area contributed by atoms with Crippen LogP contribution in [0.25, 0.3) is 10.6 Å². The van der Waals surface area contributed by atoms with Crippen LogP contribution in [0.3, 0.4) is 0 Å². The summed E-state index contributed by atoms with van der Waals surface area (Å²) in [6, 6.07) is 7.67. The van der Waals surface area contributed by atoms with Crippen molar-refractivity contribution in [2.24, 2.45) is 5.92 Å². The number of hydrogen-bond acceptors (Lipinski definition) is 7. The van der Waals surface area contributed by atoms with Crippen LogP contribution in [-0.4, -0.2) is 47.7 Å². The van der Waals surface area contributed by atoms with Crippen molar-refractivity contribution in [3.63, 3.8) is 0 Å². The molecular formula is C22H28N2O5S. The zero-order valence-corrected chi connectivity index (χ0v) is 18.7. The average Bonchev–Trinajstić information content (AvgIpc) is 3.20. The van der Waals surface area contributed by atoms with Crippen LogP contribution in [0.1, 0.15) is 39.3 Å². The van der Waals surface area contributed by atoms with E-state index < -0.39 is 5.60 Å². The van der Waals surface area contributed by atoms with Gasteiger partial charge in [0.05, 0.1) is 18.7 Å². The summed E-state index contributed by atoms with van der Waals surface area (Å²) in [6.45, 7) is 6.51. The van der Waals surface area contributed by atoms with Crippen molar-refractivity contribution in [3.8, 4) is 16.3 Å². The highest BCUT2D eigenvalue weighted by molar-refractivity contribution is 7.13. The van der Waals surface area contributed by atoms with Crippen LogP contribution >= 0.6 is 11.3 Å². The fourth-order valence-electron chi connectivity index (χ4n) is 3.19. The van der Waals surface area contributed by atoms with Gasteiger partial charge in [0.15, 0.2) is 0 Å². The monoisotopic (exact) mass is 432 g/mol. The molecule has 1 aromatic carbocycles. The van der Waals surface area contributed by atoms with Crippen LogP contribution in [0.4, 0.5) is 4.79 Å². The summed E-state index contributed by atoms with van der Waals surface area (Å²) in [5, 5.41) is 2.73. The second-order valence-corrected chi connectivity index (χ2v) is 9.11. The summed E-state index contributed by atoms with van der Waals surface area (Å²) in [4.78, 5) is 31.0. The van der Waals surface area contributed by atoms with Gasteiger partial charge in [0.2, 0.25) is 0 Å². The highest BCUT2D eigenvalue weighted by Crippen LogP contribution is 2.27. The van der Waals surface area contributed by atoms with Crippen molar-refractivity contribution in [2.75, 3.05) is 20.2 Å². The molecule has 0 aliphatic carbocycles. The van der Waals surface area contributed by atoms with Gasteiger partial charge < -0.3 is 19.1 Å². The first-order valence-corrected chi connectivity index (χ1v) is 10.9. The van der Waals surface area contributed by atoms with Gasteiger partial charge in [-0.15, -0.1) is 11.3 Å². The second kappa shape index (κ2) is 9.47. The van der Waals surface area contributed by atoms with E-state index in [2.05, 4.69) is 4.98 Å². The predicted molar refractivity (Wildman–Crippen MR) is 114 cm³/mol. The van der Waals surface area contributed by atoms with Gasteiger partial charge >= 0.3 is 12.1 Å². The van der Waals surface area contributed by atoms with Crippen molar-refractivity contribution < 1.29 is 23.8 Å². The topological polar surface area (TPSA) is 78.0 Å². The van der Waals surface area contributed by atoms with Crippen LogP contribution in [0.2, 0.25) is 0 Å². The van der Waals surface area contributed by atoms with E-state index in [0.29, 0.717) is 25.2 Å². The van der Waals surface area contributed by atoms with Gasteiger partial charge in [0.1, 0.15) is 23.0 Å². The average molecular weight is 433 g/mol. The first-order valence-electron chi connectivity index (χ1n) is 9.98. The number of ether oxygens (including phenoxy) is 3. The van der Waals surface area contributed by atoms with Crippen LogP contribution in [0.15, 0.2) is 29.6 Å². The van der Waals surface area contributed by atoms with E-state index in [1.165, 1.54) is 11.3 Å². The Morgan fingerprint density at radius 1 is 1.30 bits per heavy atom. The largest absolute Gasteiger partial charge is 0.497 e. The number of thiazole rings is 1. The lowest BCUT2D eigenvalue weighted by Crippen LogP contribution is -2.45. The van der Waals surface area contributed by atoms with Gasteiger partial charge in [-0.2, -0.15) is 0 Å². The molecule has 7 nitrogen and oxygen atoms in total. The summed E-state index contributed by atoms with van der Waals surface area (Å²) in [5.74, 6) is 0.115. The Hall–Kier alpha value is -2.61. The van der Waals surface area contributed by atoms with E-state index in [9.17, 15) is 9.59 Å². The molecule has 1 aliphatic heterocycles. The number of rotatable bonds is 5. The molecule has 1 atom stereocenters. The zero-order valence-electron chi connectivity index (χ0n) is 17.8.